The maximum Gasteiger partial charge on any atom is 0.387 e. The largest absolute Gasteiger partial charge is 0.479 e. The standard InChI is InChI=1S/C16H15F3N4O.C4H6O6/c1-2-14-12(6-20-22-14)9-23-8-11(7-21-23)10-3-4-13(17)15(5-10)24-16(18)19;5-1(3(7)8)2(6)4(9)10/h3-8,16H,2,9H2,1H3,(H,20,22);1-2,5-6H,(H,7,8)(H,9,10). The van der Waals surface area contributed by atoms with Gasteiger partial charge in [-0.2, -0.15) is 19.0 Å². The van der Waals surface area contributed by atoms with Crippen LogP contribution in [0.4, 0.5) is 13.2 Å². The third-order valence-corrected chi connectivity index (χ3v) is 4.41. The average molecular weight is 486 g/mol. The molecule has 0 aliphatic rings. The van der Waals surface area contributed by atoms with Gasteiger partial charge in [0.25, 0.3) is 0 Å². The van der Waals surface area contributed by atoms with Gasteiger partial charge in [0.2, 0.25) is 0 Å². The zero-order valence-corrected chi connectivity index (χ0v) is 17.6. The molecule has 0 aliphatic heterocycles. The lowest BCUT2D eigenvalue weighted by Crippen LogP contribution is -2.39. The maximum atomic E-state index is 13.5. The third kappa shape index (κ3) is 7.05. The van der Waals surface area contributed by atoms with Crippen LogP contribution in [0.1, 0.15) is 18.2 Å². The molecule has 0 spiro atoms. The zero-order chi connectivity index (χ0) is 25.4. The Morgan fingerprint density at radius 1 is 1.12 bits per heavy atom. The molecule has 0 aliphatic carbocycles. The van der Waals surface area contributed by atoms with Gasteiger partial charge in [0.15, 0.2) is 23.8 Å². The van der Waals surface area contributed by atoms with E-state index in [9.17, 15) is 22.8 Å². The smallest absolute Gasteiger partial charge is 0.387 e. The van der Waals surface area contributed by atoms with Crippen molar-refractivity contribution in [3.63, 3.8) is 0 Å². The molecule has 3 aromatic rings. The van der Waals surface area contributed by atoms with E-state index in [2.05, 4.69) is 20.0 Å². The number of carboxylic acids is 2. The lowest BCUT2D eigenvalue weighted by atomic mass is 10.1. The summed E-state index contributed by atoms with van der Waals surface area (Å²) in [6.45, 7) is -0.526. The second kappa shape index (κ2) is 11.8. The van der Waals surface area contributed by atoms with Gasteiger partial charge in [-0.05, 0) is 24.1 Å². The molecule has 184 valence electrons. The number of aryl methyl sites for hydroxylation is 1. The predicted octanol–water partition coefficient (Wildman–Crippen LogP) is 1.50. The second-order valence-corrected chi connectivity index (χ2v) is 6.74. The van der Waals surface area contributed by atoms with Gasteiger partial charge in [0, 0.05) is 23.0 Å². The Morgan fingerprint density at radius 3 is 2.32 bits per heavy atom. The van der Waals surface area contributed by atoms with E-state index in [1.165, 1.54) is 12.1 Å². The van der Waals surface area contributed by atoms with Gasteiger partial charge < -0.3 is 25.2 Å². The number of alkyl halides is 2. The van der Waals surface area contributed by atoms with Crippen molar-refractivity contribution in [3.8, 4) is 16.9 Å². The van der Waals surface area contributed by atoms with E-state index in [0.717, 1.165) is 23.7 Å². The van der Waals surface area contributed by atoms with Crippen molar-refractivity contribution in [2.45, 2.75) is 38.7 Å². The first kappa shape index (κ1) is 26.3. The molecule has 2 atom stereocenters. The van der Waals surface area contributed by atoms with Crippen molar-refractivity contribution >= 4 is 11.9 Å². The molecule has 0 amide bonds. The minimum atomic E-state index is -3.08. The monoisotopic (exact) mass is 486 g/mol. The fourth-order valence-electron chi connectivity index (χ4n) is 2.69. The van der Waals surface area contributed by atoms with Gasteiger partial charge in [-0.1, -0.05) is 13.0 Å². The summed E-state index contributed by atoms with van der Waals surface area (Å²) in [6, 6.07) is 3.82. The summed E-state index contributed by atoms with van der Waals surface area (Å²) < 4.78 is 44.0. The molecule has 0 saturated carbocycles. The van der Waals surface area contributed by atoms with Crippen LogP contribution in [0.25, 0.3) is 11.1 Å². The number of H-pyrrole nitrogens is 1. The molecule has 0 saturated heterocycles. The number of halogens is 3. The van der Waals surface area contributed by atoms with Crippen molar-refractivity contribution in [3.05, 3.63) is 53.9 Å². The molecule has 0 bridgehead atoms. The minimum absolute atomic E-state index is 0.488. The fourth-order valence-corrected chi connectivity index (χ4v) is 2.69. The number of carbonyl (C=O) groups is 2. The number of benzene rings is 1. The summed E-state index contributed by atoms with van der Waals surface area (Å²) >= 11 is 0. The van der Waals surface area contributed by atoms with E-state index in [0.29, 0.717) is 17.7 Å². The van der Waals surface area contributed by atoms with Gasteiger partial charge in [0.1, 0.15) is 0 Å². The van der Waals surface area contributed by atoms with E-state index < -0.39 is 42.3 Å². The first-order valence-electron chi connectivity index (χ1n) is 9.63. The molecule has 0 radical (unpaired) electrons. The Bertz CT molecular complexity index is 1100. The number of aliphatic hydroxyl groups excluding tert-OH is 2. The van der Waals surface area contributed by atoms with E-state index in [4.69, 9.17) is 20.4 Å². The molecule has 11 nitrogen and oxygen atoms in total. The number of nitrogens with one attached hydrogen (secondary N) is 1. The summed E-state index contributed by atoms with van der Waals surface area (Å²) in [4.78, 5) is 19.5. The van der Waals surface area contributed by atoms with Crippen molar-refractivity contribution in [2.75, 3.05) is 0 Å². The topological polar surface area (TPSA) is 171 Å². The van der Waals surface area contributed by atoms with Gasteiger partial charge in [-0.15, -0.1) is 0 Å². The highest BCUT2D eigenvalue weighted by atomic mass is 19.3. The molecule has 0 fully saturated rings. The number of rotatable bonds is 9. The van der Waals surface area contributed by atoms with Crippen LogP contribution in [0.2, 0.25) is 0 Å². The Hall–Kier alpha value is -3.91. The molecule has 2 heterocycles. The average Bonchev–Trinajstić information content (AvgIpc) is 3.43. The number of carboxylic acid groups (broad SMARTS) is 2. The molecular weight excluding hydrogens is 465 g/mol. The lowest BCUT2D eigenvalue weighted by Gasteiger charge is -2.07. The lowest BCUT2D eigenvalue weighted by molar-refractivity contribution is -0.165. The van der Waals surface area contributed by atoms with Crippen LogP contribution in [-0.2, 0) is 22.6 Å². The number of aliphatic hydroxyl groups is 2. The number of aliphatic carboxylic acids is 2. The van der Waals surface area contributed by atoms with E-state index in [-0.39, 0.29) is 0 Å². The van der Waals surface area contributed by atoms with Gasteiger partial charge >= 0.3 is 18.6 Å². The summed E-state index contributed by atoms with van der Waals surface area (Å²) in [5, 5.41) is 43.7. The predicted molar refractivity (Wildman–Crippen MR) is 109 cm³/mol. The first-order chi connectivity index (χ1) is 16.0. The Labute approximate surface area is 190 Å². The summed E-state index contributed by atoms with van der Waals surface area (Å²) in [7, 11) is 0. The van der Waals surface area contributed by atoms with Crippen LogP contribution in [0, 0.1) is 5.82 Å². The molecule has 3 rings (SSSR count). The van der Waals surface area contributed by atoms with Crippen LogP contribution in [-0.4, -0.2) is 71.2 Å². The number of nitrogens with zero attached hydrogens (tertiary/aromatic N) is 3. The first-order valence-corrected chi connectivity index (χ1v) is 9.63. The fraction of sp³-hybridized carbons (Fsp3) is 0.300. The highest BCUT2D eigenvalue weighted by molar-refractivity contribution is 5.83. The molecule has 5 N–H and O–H groups in total. The molecule has 34 heavy (non-hydrogen) atoms. The maximum absolute atomic E-state index is 13.5. The van der Waals surface area contributed by atoms with Crippen LogP contribution in [0.3, 0.4) is 0 Å². The SMILES string of the molecule is CCc1[nH]ncc1Cn1cc(-c2ccc(F)c(OC(F)F)c2)cn1.O=C(O)C(O)C(O)C(=O)O. The van der Waals surface area contributed by atoms with Crippen molar-refractivity contribution in [2.24, 2.45) is 0 Å². The summed E-state index contributed by atoms with van der Waals surface area (Å²) in [5.74, 6) is -4.86. The Morgan fingerprint density at radius 2 is 1.76 bits per heavy atom. The molecule has 2 unspecified atom stereocenters. The highest BCUT2D eigenvalue weighted by Crippen LogP contribution is 2.27. The van der Waals surface area contributed by atoms with Crippen molar-refractivity contribution in [1.29, 1.82) is 0 Å². The van der Waals surface area contributed by atoms with E-state index >= 15 is 0 Å². The zero-order valence-electron chi connectivity index (χ0n) is 17.6. The number of ether oxygens (including phenoxy) is 1. The van der Waals surface area contributed by atoms with Crippen LogP contribution in [0.15, 0.2) is 36.8 Å². The molecular formula is C20H21F3N4O7. The molecule has 2 aromatic heterocycles. The van der Waals surface area contributed by atoms with E-state index in [1.54, 1.807) is 23.3 Å². The number of hydrogen-bond acceptors (Lipinski definition) is 7. The Balaban J connectivity index is 0.000000347. The van der Waals surface area contributed by atoms with E-state index in [1.807, 2.05) is 6.92 Å². The minimum Gasteiger partial charge on any atom is -0.479 e. The Kier molecular flexibility index (Phi) is 9.15. The van der Waals surface area contributed by atoms with Crippen molar-refractivity contribution < 1.29 is 47.9 Å². The van der Waals surface area contributed by atoms with Crippen molar-refractivity contribution in [1.82, 2.24) is 20.0 Å². The van der Waals surface area contributed by atoms with Crippen LogP contribution < -0.4 is 4.74 Å². The molecule has 14 heteroatoms. The highest BCUT2D eigenvalue weighted by Gasteiger charge is 2.29. The van der Waals surface area contributed by atoms with Crippen LogP contribution in [0.5, 0.6) is 5.75 Å². The van der Waals surface area contributed by atoms with Crippen LogP contribution >= 0.6 is 0 Å². The van der Waals surface area contributed by atoms with Gasteiger partial charge in [0.05, 0.1) is 18.9 Å². The molecule has 1 aromatic carbocycles. The summed E-state index contributed by atoms with van der Waals surface area (Å²) in [5.41, 5.74) is 3.27. The number of aromatic nitrogens is 4. The number of hydrogen-bond donors (Lipinski definition) is 5. The van der Waals surface area contributed by atoms with Gasteiger partial charge in [-0.25, -0.2) is 14.0 Å². The number of aromatic amines is 1. The third-order valence-electron chi connectivity index (χ3n) is 4.41. The van der Waals surface area contributed by atoms with Gasteiger partial charge in [-0.3, -0.25) is 9.78 Å². The quantitative estimate of drug-likeness (QED) is 0.301. The summed E-state index contributed by atoms with van der Waals surface area (Å²) in [6.07, 6.45) is 1.38. The second-order valence-electron chi connectivity index (χ2n) is 6.74. The normalized spacial score (nSPS) is 12.6.